The van der Waals surface area contributed by atoms with Crippen molar-refractivity contribution < 1.29 is 9.59 Å². The van der Waals surface area contributed by atoms with Crippen molar-refractivity contribution >= 4 is 17.3 Å². The average molecular weight is 481 g/mol. The zero-order chi connectivity index (χ0) is 24.9. The number of hydrogen-bond acceptors (Lipinski definition) is 4. The van der Waals surface area contributed by atoms with E-state index < -0.39 is 0 Å². The smallest absolute Gasteiger partial charge is 0.220 e. The van der Waals surface area contributed by atoms with Gasteiger partial charge in [-0.1, -0.05) is 54.6 Å². The highest BCUT2D eigenvalue weighted by Crippen LogP contribution is 2.28. The van der Waals surface area contributed by atoms with Gasteiger partial charge >= 0.3 is 0 Å². The van der Waals surface area contributed by atoms with E-state index >= 15 is 0 Å². The van der Waals surface area contributed by atoms with Crippen molar-refractivity contribution in [2.45, 2.75) is 32.6 Å². The van der Waals surface area contributed by atoms with Crippen LogP contribution in [0.4, 0.5) is 0 Å². The minimum Gasteiger partial charge on any atom is -0.355 e. The monoisotopic (exact) mass is 480 g/mol. The van der Waals surface area contributed by atoms with E-state index in [9.17, 15) is 9.59 Å². The fourth-order valence-corrected chi connectivity index (χ4v) is 4.91. The van der Waals surface area contributed by atoms with Gasteiger partial charge in [0.25, 0.3) is 0 Å². The standard InChI is InChI=1S/C30H32N4O2/c1-22(35)23-9-11-24(12-10-23)26-13-15-28-32-30(25-7-3-2-4-8-25)27(34(28)21-26)14-16-29(36)31-17-20-33-18-5-6-19-33/h2-4,7-13,15,21H,5-6,14,16-20H2,1H3,(H,31,36). The van der Waals surface area contributed by atoms with Crippen LogP contribution in [0.15, 0.2) is 72.9 Å². The van der Waals surface area contributed by atoms with E-state index in [1.165, 1.54) is 12.8 Å². The molecule has 1 saturated heterocycles. The fourth-order valence-electron chi connectivity index (χ4n) is 4.91. The highest BCUT2D eigenvalue weighted by molar-refractivity contribution is 5.94. The Kier molecular flexibility index (Phi) is 7.23. The van der Waals surface area contributed by atoms with Gasteiger partial charge in [-0.05, 0) is 62.5 Å². The molecule has 1 N–H and O–H groups in total. The molecular weight excluding hydrogens is 448 g/mol. The van der Waals surface area contributed by atoms with E-state index in [0.717, 1.165) is 53.4 Å². The summed E-state index contributed by atoms with van der Waals surface area (Å²) >= 11 is 0. The maximum absolute atomic E-state index is 12.7. The SMILES string of the molecule is CC(=O)c1ccc(-c2ccc3nc(-c4ccccc4)c(CCC(=O)NCCN4CCCC4)n3c2)cc1. The quantitative estimate of drug-likeness (QED) is 0.342. The molecule has 0 bridgehead atoms. The molecule has 5 rings (SSSR count). The van der Waals surface area contributed by atoms with E-state index in [4.69, 9.17) is 4.98 Å². The lowest BCUT2D eigenvalue weighted by Gasteiger charge is -2.14. The molecule has 184 valence electrons. The van der Waals surface area contributed by atoms with Gasteiger partial charge in [0.05, 0.1) is 11.4 Å². The lowest BCUT2D eigenvalue weighted by atomic mass is 10.0. The van der Waals surface area contributed by atoms with Crippen LogP contribution in [0.5, 0.6) is 0 Å². The first-order chi connectivity index (χ1) is 17.6. The lowest BCUT2D eigenvalue weighted by molar-refractivity contribution is -0.121. The number of ketones is 1. The predicted octanol–water partition coefficient (Wildman–Crippen LogP) is 5.02. The summed E-state index contributed by atoms with van der Waals surface area (Å²) in [7, 11) is 0. The second kappa shape index (κ2) is 10.9. The first kappa shape index (κ1) is 23.9. The molecule has 0 unspecified atom stereocenters. The predicted molar refractivity (Wildman–Crippen MR) is 143 cm³/mol. The number of benzene rings is 2. The molecule has 6 heteroatoms. The number of amides is 1. The van der Waals surface area contributed by atoms with Gasteiger partial charge in [0.2, 0.25) is 5.91 Å². The van der Waals surface area contributed by atoms with Gasteiger partial charge in [-0.25, -0.2) is 4.98 Å². The molecule has 1 amide bonds. The van der Waals surface area contributed by atoms with Gasteiger partial charge in [-0.2, -0.15) is 0 Å². The molecule has 0 spiro atoms. The van der Waals surface area contributed by atoms with Gasteiger partial charge in [-0.3, -0.25) is 9.59 Å². The molecule has 1 fully saturated rings. The maximum atomic E-state index is 12.7. The Morgan fingerprint density at radius 3 is 2.33 bits per heavy atom. The second-order valence-corrected chi connectivity index (χ2v) is 9.45. The first-order valence-corrected chi connectivity index (χ1v) is 12.8. The topological polar surface area (TPSA) is 66.7 Å². The zero-order valence-corrected chi connectivity index (χ0v) is 20.7. The van der Waals surface area contributed by atoms with Crippen molar-refractivity contribution in [2.75, 3.05) is 26.2 Å². The summed E-state index contributed by atoms with van der Waals surface area (Å²) in [6.45, 7) is 5.46. The first-order valence-electron chi connectivity index (χ1n) is 12.8. The van der Waals surface area contributed by atoms with Crippen LogP contribution in [0.25, 0.3) is 28.0 Å². The van der Waals surface area contributed by atoms with Gasteiger partial charge in [0.15, 0.2) is 5.78 Å². The molecule has 6 nitrogen and oxygen atoms in total. The van der Waals surface area contributed by atoms with E-state index in [1.807, 2.05) is 48.5 Å². The number of aryl methyl sites for hydroxylation is 1. The van der Waals surface area contributed by atoms with Crippen LogP contribution in [0.1, 0.15) is 42.2 Å². The summed E-state index contributed by atoms with van der Waals surface area (Å²) in [6.07, 6.45) is 5.59. The molecule has 3 heterocycles. The minimum atomic E-state index is 0.0557. The number of rotatable bonds is 9. The van der Waals surface area contributed by atoms with Crippen LogP contribution in [0.2, 0.25) is 0 Å². The largest absolute Gasteiger partial charge is 0.355 e. The number of carbonyl (C=O) groups is 2. The molecule has 1 aliphatic heterocycles. The summed E-state index contributed by atoms with van der Waals surface area (Å²) in [6, 6.07) is 21.9. The Balaban J connectivity index is 1.40. The van der Waals surface area contributed by atoms with E-state index in [1.54, 1.807) is 6.92 Å². The lowest BCUT2D eigenvalue weighted by Crippen LogP contribution is -2.33. The van der Waals surface area contributed by atoms with E-state index in [-0.39, 0.29) is 11.7 Å². The highest BCUT2D eigenvalue weighted by Gasteiger charge is 2.17. The molecule has 4 aromatic rings. The Bertz CT molecular complexity index is 1350. The van der Waals surface area contributed by atoms with Gasteiger partial charge in [0, 0.05) is 36.8 Å². The number of nitrogens with one attached hydrogen (secondary N) is 1. The van der Waals surface area contributed by atoms with Crippen LogP contribution < -0.4 is 5.32 Å². The number of Topliss-reactive ketones (excluding diaryl/α,β-unsaturated/α-hetero) is 1. The van der Waals surface area contributed by atoms with Crippen LogP contribution in [-0.2, 0) is 11.2 Å². The summed E-state index contributed by atoms with van der Waals surface area (Å²) in [5, 5.41) is 3.09. The Labute approximate surface area is 212 Å². The van der Waals surface area contributed by atoms with Crippen LogP contribution in [0, 0.1) is 0 Å². The molecule has 0 saturated carbocycles. The third-order valence-electron chi connectivity index (χ3n) is 6.93. The molecule has 0 aliphatic carbocycles. The van der Waals surface area contributed by atoms with Crippen LogP contribution >= 0.6 is 0 Å². The summed E-state index contributed by atoms with van der Waals surface area (Å²) in [5.74, 6) is 0.124. The second-order valence-electron chi connectivity index (χ2n) is 9.45. The Morgan fingerprint density at radius 1 is 0.889 bits per heavy atom. The molecule has 36 heavy (non-hydrogen) atoms. The molecule has 0 atom stereocenters. The van der Waals surface area contributed by atoms with Crippen molar-refractivity contribution in [2.24, 2.45) is 0 Å². The maximum Gasteiger partial charge on any atom is 0.220 e. The Hall–Kier alpha value is -3.77. The van der Waals surface area contributed by atoms with E-state index in [2.05, 4.69) is 39.0 Å². The number of hydrogen-bond donors (Lipinski definition) is 1. The number of likely N-dealkylation sites (tertiary alicyclic amines) is 1. The fraction of sp³-hybridized carbons (Fsp3) is 0.300. The normalized spacial score (nSPS) is 13.8. The minimum absolute atomic E-state index is 0.0557. The molecule has 2 aromatic carbocycles. The van der Waals surface area contributed by atoms with Gasteiger partial charge < -0.3 is 14.6 Å². The molecule has 2 aromatic heterocycles. The third-order valence-corrected chi connectivity index (χ3v) is 6.93. The van der Waals surface area contributed by atoms with Crippen LogP contribution in [0.3, 0.4) is 0 Å². The summed E-state index contributed by atoms with van der Waals surface area (Å²) < 4.78 is 2.11. The number of aromatic nitrogens is 2. The molecule has 1 aliphatic rings. The van der Waals surface area contributed by atoms with Gasteiger partial charge in [0.1, 0.15) is 5.65 Å². The average Bonchev–Trinajstić information content (AvgIpc) is 3.55. The number of pyridine rings is 1. The Morgan fingerprint density at radius 2 is 1.61 bits per heavy atom. The molecule has 0 radical (unpaired) electrons. The summed E-state index contributed by atoms with van der Waals surface area (Å²) in [5.41, 5.74) is 6.58. The number of carbonyl (C=O) groups excluding carboxylic acids is 2. The van der Waals surface area contributed by atoms with Crippen molar-refractivity contribution in [3.8, 4) is 22.4 Å². The number of imidazole rings is 1. The third kappa shape index (κ3) is 5.39. The van der Waals surface area contributed by atoms with Gasteiger partial charge in [-0.15, -0.1) is 0 Å². The van der Waals surface area contributed by atoms with E-state index in [0.29, 0.717) is 24.9 Å². The number of fused-ring (bicyclic) bond motifs is 1. The van der Waals surface area contributed by atoms with Crippen molar-refractivity contribution in [3.05, 3.63) is 84.2 Å². The van der Waals surface area contributed by atoms with Crippen molar-refractivity contribution in [1.29, 1.82) is 0 Å². The highest BCUT2D eigenvalue weighted by atomic mass is 16.1. The zero-order valence-electron chi connectivity index (χ0n) is 20.7. The van der Waals surface area contributed by atoms with Crippen molar-refractivity contribution in [1.82, 2.24) is 19.6 Å². The van der Waals surface area contributed by atoms with Crippen molar-refractivity contribution in [3.63, 3.8) is 0 Å². The number of nitrogens with zero attached hydrogens (tertiary/aromatic N) is 3. The molecular formula is C30H32N4O2. The summed E-state index contributed by atoms with van der Waals surface area (Å²) in [4.78, 5) is 31.7. The van der Waals surface area contributed by atoms with Crippen LogP contribution in [-0.4, -0.2) is 52.2 Å².